The standard InChI is InChI=1S/C13H20N2O/c1-4-9(2)8-13(16)15-12-7-10(3)5-6-11(12)14/h5-7,9H,4,8,14H2,1-3H3,(H,15,16). The molecule has 0 radical (unpaired) electrons. The molecule has 0 aliphatic heterocycles. The van der Waals surface area contributed by atoms with Crippen LogP contribution in [0, 0.1) is 12.8 Å². The van der Waals surface area contributed by atoms with Gasteiger partial charge in [-0.05, 0) is 30.5 Å². The Morgan fingerprint density at radius 1 is 1.50 bits per heavy atom. The number of benzene rings is 1. The van der Waals surface area contributed by atoms with E-state index in [0.29, 0.717) is 23.7 Å². The van der Waals surface area contributed by atoms with Crippen LogP contribution in [-0.4, -0.2) is 5.91 Å². The molecule has 0 saturated heterocycles. The van der Waals surface area contributed by atoms with Gasteiger partial charge in [0.25, 0.3) is 0 Å². The molecule has 88 valence electrons. The Morgan fingerprint density at radius 2 is 2.19 bits per heavy atom. The highest BCUT2D eigenvalue weighted by Crippen LogP contribution is 2.20. The molecule has 0 spiro atoms. The summed E-state index contributed by atoms with van der Waals surface area (Å²) in [6.07, 6.45) is 1.56. The zero-order chi connectivity index (χ0) is 12.1. The lowest BCUT2D eigenvalue weighted by Crippen LogP contribution is -2.15. The van der Waals surface area contributed by atoms with Gasteiger partial charge in [0.05, 0.1) is 11.4 Å². The Kier molecular flexibility index (Phi) is 4.35. The summed E-state index contributed by atoms with van der Waals surface area (Å²) in [5, 5.41) is 2.85. The monoisotopic (exact) mass is 220 g/mol. The first-order chi connectivity index (χ1) is 7.52. The summed E-state index contributed by atoms with van der Waals surface area (Å²) in [7, 11) is 0. The number of rotatable bonds is 4. The van der Waals surface area contributed by atoms with Crippen LogP contribution in [0.5, 0.6) is 0 Å². The lowest BCUT2D eigenvalue weighted by atomic mass is 10.0. The minimum atomic E-state index is 0.0339. The maximum Gasteiger partial charge on any atom is 0.224 e. The van der Waals surface area contributed by atoms with E-state index in [1.807, 2.05) is 25.1 Å². The fraction of sp³-hybridized carbons (Fsp3) is 0.462. The van der Waals surface area contributed by atoms with Gasteiger partial charge in [-0.25, -0.2) is 0 Å². The van der Waals surface area contributed by atoms with Crippen LogP contribution in [0.2, 0.25) is 0 Å². The molecule has 1 rings (SSSR count). The van der Waals surface area contributed by atoms with Gasteiger partial charge in [0.1, 0.15) is 0 Å². The molecule has 0 aliphatic rings. The number of nitrogen functional groups attached to an aromatic ring is 1. The zero-order valence-corrected chi connectivity index (χ0v) is 10.2. The third-order valence-electron chi connectivity index (χ3n) is 2.71. The van der Waals surface area contributed by atoms with Gasteiger partial charge >= 0.3 is 0 Å². The highest BCUT2D eigenvalue weighted by Gasteiger charge is 2.09. The molecular formula is C13H20N2O. The normalized spacial score (nSPS) is 12.2. The summed E-state index contributed by atoms with van der Waals surface area (Å²) in [6.45, 7) is 6.13. The van der Waals surface area contributed by atoms with Crippen LogP contribution in [-0.2, 0) is 4.79 Å². The minimum Gasteiger partial charge on any atom is -0.397 e. The molecule has 0 aromatic heterocycles. The topological polar surface area (TPSA) is 55.1 Å². The maximum absolute atomic E-state index is 11.7. The van der Waals surface area contributed by atoms with Gasteiger partial charge in [-0.2, -0.15) is 0 Å². The number of hydrogen-bond donors (Lipinski definition) is 2. The minimum absolute atomic E-state index is 0.0339. The third-order valence-corrected chi connectivity index (χ3v) is 2.71. The molecule has 1 aromatic rings. The van der Waals surface area contributed by atoms with Crippen LogP contribution in [0.1, 0.15) is 32.3 Å². The van der Waals surface area contributed by atoms with Gasteiger partial charge in [-0.1, -0.05) is 26.3 Å². The van der Waals surface area contributed by atoms with E-state index < -0.39 is 0 Å². The van der Waals surface area contributed by atoms with E-state index in [1.54, 1.807) is 0 Å². The number of nitrogens with one attached hydrogen (secondary N) is 1. The van der Waals surface area contributed by atoms with E-state index in [-0.39, 0.29) is 5.91 Å². The highest BCUT2D eigenvalue weighted by atomic mass is 16.1. The second kappa shape index (κ2) is 5.54. The molecule has 0 bridgehead atoms. The number of anilines is 2. The Balaban J connectivity index is 2.65. The van der Waals surface area contributed by atoms with E-state index in [1.165, 1.54) is 0 Å². The van der Waals surface area contributed by atoms with E-state index in [0.717, 1.165) is 12.0 Å². The van der Waals surface area contributed by atoms with Gasteiger partial charge in [-0.15, -0.1) is 0 Å². The average Bonchev–Trinajstić information content (AvgIpc) is 2.23. The molecule has 1 aromatic carbocycles. The van der Waals surface area contributed by atoms with Gasteiger partial charge in [-0.3, -0.25) is 4.79 Å². The molecule has 0 aliphatic carbocycles. The third kappa shape index (κ3) is 3.57. The SMILES string of the molecule is CCC(C)CC(=O)Nc1cc(C)ccc1N. The van der Waals surface area contributed by atoms with Crippen molar-refractivity contribution in [2.45, 2.75) is 33.6 Å². The predicted octanol–water partition coefficient (Wildman–Crippen LogP) is 2.95. The van der Waals surface area contributed by atoms with Crippen molar-refractivity contribution in [3.05, 3.63) is 23.8 Å². The summed E-state index contributed by atoms with van der Waals surface area (Å²) in [4.78, 5) is 11.7. The molecule has 0 fully saturated rings. The number of carbonyl (C=O) groups excluding carboxylic acids is 1. The van der Waals surface area contributed by atoms with E-state index in [4.69, 9.17) is 5.73 Å². The number of aryl methyl sites for hydroxylation is 1. The largest absolute Gasteiger partial charge is 0.397 e. The average molecular weight is 220 g/mol. The van der Waals surface area contributed by atoms with Crippen molar-refractivity contribution in [3.8, 4) is 0 Å². The molecule has 1 unspecified atom stereocenters. The maximum atomic E-state index is 11.7. The van der Waals surface area contributed by atoms with Crippen LogP contribution < -0.4 is 11.1 Å². The number of amides is 1. The molecule has 3 heteroatoms. The van der Waals surface area contributed by atoms with Crippen molar-refractivity contribution in [3.63, 3.8) is 0 Å². The first kappa shape index (κ1) is 12.6. The van der Waals surface area contributed by atoms with E-state index >= 15 is 0 Å². The van der Waals surface area contributed by atoms with E-state index in [9.17, 15) is 4.79 Å². The predicted molar refractivity (Wildman–Crippen MR) is 68.3 cm³/mol. The Hall–Kier alpha value is -1.51. The number of hydrogen-bond acceptors (Lipinski definition) is 2. The molecule has 3 nitrogen and oxygen atoms in total. The molecule has 1 amide bonds. The summed E-state index contributed by atoms with van der Waals surface area (Å²) < 4.78 is 0. The molecule has 0 heterocycles. The fourth-order valence-electron chi connectivity index (χ4n) is 1.44. The van der Waals surface area contributed by atoms with Crippen LogP contribution in [0.4, 0.5) is 11.4 Å². The number of carbonyl (C=O) groups is 1. The Morgan fingerprint density at radius 3 is 2.81 bits per heavy atom. The van der Waals surface area contributed by atoms with Crippen LogP contribution in [0.15, 0.2) is 18.2 Å². The lowest BCUT2D eigenvalue weighted by molar-refractivity contribution is -0.117. The summed E-state index contributed by atoms with van der Waals surface area (Å²) in [5.74, 6) is 0.442. The first-order valence-electron chi connectivity index (χ1n) is 5.69. The fourth-order valence-corrected chi connectivity index (χ4v) is 1.44. The lowest BCUT2D eigenvalue weighted by Gasteiger charge is -2.11. The second-order valence-corrected chi connectivity index (χ2v) is 4.36. The zero-order valence-electron chi connectivity index (χ0n) is 10.2. The highest BCUT2D eigenvalue weighted by molar-refractivity contribution is 5.94. The van der Waals surface area contributed by atoms with Crippen LogP contribution >= 0.6 is 0 Å². The van der Waals surface area contributed by atoms with Gasteiger partial charge in [0, 0.05) is 6.42 Å². The number of nitrogens with two attached hydrogens (primary N) is 1. The summed E-state index contributed by atoms with van der Waals surface area (Å²) in [5.41, 5.74) is 8.21. The summed E-state index contributed by atoms with van der Waals surface area (Å²) in [6, 6.07) is 5.64. The Labute approximate surface area is 97.0 Å². The Bertz CT molecular complexity index is 374. The van der Waals surface area contributed by atoms with Crippen molar-refractivity contribution in [2.24, 2.45) is 5.92 Å². The van der Waals surface area contributed by atoms with Crippen molar-refractivity contribution < 1.29 is 4.79 Å². The smallest absolute Gasteiger partial charge is 0.224 e. The van der Waals surface area contributed by atoms with Crippen molar-refractivity contribution >= 4 is 17.3 Å². The molecule has 0 saturated carbocycles. The van der Waals surface area contributed by atoms with Crippen molar-refractivity contribution in [1.82, 2.24) is 0 Å². The molecular weight excluding hydrogens is 200 g/mol. The van der Waals surface area contributed by atoms with E-state index in [2.05, 4.69) is 19.2 Å². The molecule has 16 heavy (non-hydrogen) atoms. The molecule has 3 N–H and O–H groups in total. The second-order valence-electron chi connectivity index (χ2n) is 4.36. The van der Waals surface area contributed by atoms with Crippen molar-refractivity contribution in [1.29, 1.82) is 0 Å². The van der Waals surface area contributed by atoms with Crippen molar-refractivity contribution in [2.75, 3.05) is 11.1 Å². The summed E-state index contributed by atoms with van der Waals surface area (Å²) >= 11 is 0. The van der Waals surface area contributed by atoms with Gasteiger partial charge in [0.2, 0.25) is 5.91 Å². The quantitative estimate of drug-likeness (QED) is 0.766. The van der Waals surface area contributed by atoms with Crippen LogP contribution in [0.3, 0.4) is 0 Å². The van der Waals surface area contributed by atoms with Crippen LogP contribution in [0.25, 0.3) is 0 Å². The van der Waals surface area contributed by atoms with Gasteiger partial charge < -0.3 is 11.1 Å². The first-order valence-corrected chi connectivity index (χ1v) is 5.69. The molecule has 1 atom stereocenters. The van der Waals surface area contributed by atoms with Gasteiger partial charge in [0.15, 0.2) is 0 Å².